The summed E-state index contributed by atoms with van der Waals surface area (Å²) < 4.78 is 5.60. The Bertz CT molecular complexity index is 1190. The van der Waals surface area contributed by atoms with E-state index >= 15 is 0 Å². The molecule has 3 aromatic carbocycles. The van der Waals surface area contributed by atoms with Gasteiger partial charge in [0.05, 0.1) is 0 Å². The number of rotatable bonds is 8. The monoisotopic (exact) mass is 472 g/mol. The molecule has 0 spiro atoms. The quantitative estimate of drug-likeness (QED) is 0.446. The van der Waals surface area contributed by atoms with Gasteiger partial charge in [0.25, 0.3) is 0 Å². The van der Waals surface area contributed by atoms with Crippen molar-refractivity contribution in [1.29, 1.82) is 0 Å². The molecule has 0 aromatic heterocycles. The highest BCUT2D eigenvalue weighted by atomic mass is 16.5. The number of hydrogen-bond acceptors (Lipinski definition) is 4. The van der Waals surface area contributed by atoms with Gasteiger partial charge in [0, 0.05) is 5.92 Å². The van der Waals surface area contributed by atoms with Crippen molar-refractivity contribution in [2.75, 3.05) is 6.61 Å². The van der Waals surface area contributed by atoms with Gasteiger partial charge in [-0.3, -0.25) is 4.79 Å². The van der Waals surface area contributed by atoms with Gasteiger partial charge in [-0.05, 0) is 41.2 Å². The largest absolute Gasteiger partial charge is 0.480 e. The lowest BCUT2D eigenvalue weighted by Crippen LogP contribution is -2.47. The van der Waals surface area contributed by atoms with Crippen LogP contribution in [-0.2, 0) is 14.3 Å². The fourth-order valence-corrected chi connectivity index (χ4v) is 4.41. The molecule has 1 aliphatic rings. The fraction of sp³-hybridized carbons (Fsp3) is 0.250. The van der Waals surface area contributed by atoms with Crippen LogP contribution < -0.4 is 10.6 Å². The van der Waals surface area contributed by atoms with Crippen LogP contribution in [0.3, 0.4) is 0 Å². The van der Waals surface area contributed by atoms with E-state index in [1.807, 2.05) is 55.5 Å². The first kappa shape index (κ1) is 24.0. The number of aryl methyl sites for hydroxylation is 1. The molecule has 35 heavy (non-hydrogen) atoms. The topological polar surface area (TPSA) is 105 Å². The van der Waals surface area contributed by atoms with Crippen LogP contribution >= 0.6 is 0 Å². The lowest BCUT2D eigenvalue weighted by molar-refractivity contribution is -0.142. The van der Waals surface area contributed by atoms with Crippen LogP contribution in [0.2, 0.25) is 0 Å². The number of aliphatic carboxylic acids is 1. The Morgan fingerprint density at radius 1 is 0.886 bits per heavy atom. The minimum atomic E-state index is -1.13. The van der Waals surface area contributed by atoms with Crippen molar-refractivity contribution < 1.29 is 24.2 Å². The van der Waals surface area contributed by atoms with Crippen LogP contribution in [0.25, 0.3) is 11.1 Å². The molecular formula is C28H28N2O5. The molecule has 0 saturated heterocycles. The second kappa shape index (κ2) is 10.4. The lowest BCUT2D eigenvalue weighted by Gasteiger charge is -2.22. The van der Waals surface area contributed by atoms with E-state index in [1.165, 1.54) is 0 Å². The number of alkyl carbamates (subject to hydrolysis) is 1. The van der Waals surface area contributed by atoms with Crippen molar-refractivity contribution in [3.8, 4) is 11.1 Å². The summed E-state index contributed by atoms with van der Waals surface area (Å²) in [5.41, 5.74) is 5.93. The maximum absolute atomic E-state index is 13.0. The summed E-state index contributed by atoms with van der Waals surface area (Å²) in [6, 6.07) is 21.0. The van der Waals surface area contributed by atoms with Crippen LogP contribution in [0.15, 0.2) is 72.8 Å². The summed E-state index contributed by atoms with van der Waals surface area (Å²) in [4.78, 5) is 37.2. The molecule has 0 fully saturated rings. The van der Waals surface area contributed by atoms with Crippen LogP contribution in [-0.4, -0.2) is 35.7 Å². The van der Waals surface area contributed by atoms with E-state index in [-0.39, 0.29) is 18.9 Å². The van der Waals surface area contributed by atoms with Crippen molar-refractivity contribution in [2.45, 2.75) is 38.3 Å². The maximum atomic E-state index is 13.0. The Morgan fingerprint density at radius 3 is 2.00 bits per heavy atom. The van der Waals surface area contributed by atoms with Gasteiger partial charge in [-0.2, -0.15) is 0 Å². The summed E-state index contributed by atoms with van der Waals surface area (Å²) in [5.74, 6) is -1.86. The molecule has 4 rings (SSSR count). The fourth-order valence-electron chi connectivity index (χ4n) is 4.41. The predicted molar refractivity (Wildman–Crippen MR) is 132 cm³/mol. The first-order valence-electron chi connectivity index (χ1n) is 11.6. The van der Waals surface area contributed by atoms with Crippen LogP contribution in [0.4, 0.5) is 4.79 Å². The molecule has 7 heteroatoms. The summed E-state index contributed by atoms with van der Waals surface area (Å²) in [6.07, 6.45) is -0.539. The zero-order valence-electron chi connectivity index (χ0n) is 19.7. The average Bonchev–Trinajstić information content (AvgIpc) is 3.18. The third kappa shape index (κ3) is 5.19. The Balaban J connectivity index is 1.50. The van der Waals surface area contributed by atoms with E-state index in [2.05, 4.69) is 22.8 Å². The van der Waals surface area contributed by atoms with Gasteiger partial charge in [-0.15, -0.1) is 0 Å². The number of carboxylic acids is 1. The molecule has 2 atom stereocenters. The molecule has 0 heterocycles. The Labute approximate surface area is 204 Å². The second-order valence-corrected chi connectivity index (χ2v) is 8.62. The normalized spacial score (nSPS) is 13.8. The number of fused-ring (bicyclic) bond motifs is 3. The molecular weight excluding hydrogens is 444 g/mol. The molecule has 3 N–H and O–H groups in total. The molecule has 0 radical (unpaired) electrons. The van der Waals surface area contributed by atoms with Crippen LogP contribution in [0.1, 0.15) is 47.6 Å². The third-order valence-electron chi connectivity index (χ3n) is 6.30. The SMILES string of the molecule is CC[C@@H](NC(=O)C(NC(=O)OCC1c2ccccc2-c2ccccc21)c1ccc(C)cc1)C(=O)O. The molecule has 3 aromatic rings. The van der Waals surface area contributed by atoms with E-state index in [9.17, 15) is 19.5 Å². The minimum Gasteiger partial charge on any atom is -0.480 e. The summed E-state index contributed by atoms with van der Waals surface area (Å²) >= 11 is 0. The summed E-state index contributed by atoms with van der Waals surface area (Å²) in [5, 5.41) is 14.5. The van der Waals surface area contributed by atoms with Crippen LogP contribution in [0, 0.1) is 6.92 Å². The van der Waals surface area contributed by atoms with E-state index in [1.54, 1.807) is 19.1 Å². The standard InChI is InChI=1S/C28H28N2O5/c1-3-24(27(32)33)29-26(31)25(18-14-12-17(2)13-15-18)30-28(34)35-16-23-21-10-6-4-8-19(21)20-9-5-7-11-22(20)23/h4-15,23-25H,3,16H2,1-2H3,(H,29,31)(H,30,34)(H,32,33)/t24-,25?/m1/s1. The molecule has 180 valence electrons. The van der Waals surface area contributed by atoms with E-state index in [0.717, 1.165) is 27.8 Å². The number of carbonyl (C=O) groups is 3. The smallest absolute Gasteiger partial charge is 0.408 e. The highest BCUT2D eigenvalue weighted by molar-refractivity contribution is 5.90. The van der Waals surface area contributed by atoms with E-state index < -0.39 is 30.1 Å². The molecule has 2 amide bonds. The van der Waals surface area contributed by atoms with Gasteiger partial charge in [0.2, 0.25) is 5.91 Å². The lowest BCUT2D eigenvalue weighted by atomic mass is 9.98. The van der Waals surface area contributed by atoms with Gasteiger partial charge in [0.15, 0.2) is 0 Å². The Morgan fingerprint density at radius 2 is 1.46 bits per heavy atom. The molecule has 1 unspecified atom stereocenters. The molecule has 0 saturated carbocycles. The second-order valence-electron chi connectivity index (χ2n) is 8.62. The van der Waals surface area contributed by atoms with Gasteiger partial charge < -0.3 is 20.5 Å². The van der Waals surface area contributed by atoms with Gasteiger partial charge in [-0.1, -0.05) is 85.3 Å². The summed E-state index contributed by atoms with van der Waals surface area (Å²) in [7, 11) is 0. The van der Waals surface area contributed by atoms with Crippen molar-refractivity contribution in [3.05, 3.63) is 95.1 Å². The Hall–Kier alpha value is -4.13. The highest BCUT2D eigenvalue weighted by Crippen LogP contribution is 2.44. The van der Waals surface area contributed by atoms with Crippen molar-refractivity contribution in [3.63, 3.8) is 0 Å². The number of hydrogen-bond donors (Lipinski definition) is 3. The van der Waals surface area contributed by atoms with E-state index in [4.69, 9.17) is 4.74 Å². The number of ether oxygens (including phenoxy) is 1. The van der Waals surface area contributed by atoms with Crippen molar-refractivity contribution in [2.24, 2.45) is 0 Å². The van der Waals surface area contributed by atoms with Gasteiger partial charge in [0.1, 0.15) is 18.7 Å². The first-order valence-corrected chi connectivity index (χ1v) is 11.6. The third-order valence-corrected chi connectivity index (χ3v) is 6.30. The summed E-state index contributed by atoms with van der Waals surface area (Å²) in [6.45, 7) is 3.68. The molecule has 0 bridgehead atoms. The zero-order valence-corrected chi connectivity index (χ0v) is 19.7. The molecule has 1 aliphatic carbocycles. The number of amides is 2. The first-order chi connectivity index (χ1) is 16.9. The van der Waals surface area contributed by atoms with E-state index in [0.29, 0.717) is 5.56 Å². The zero-order chi connectivity index (χ0) is 24.9. The number of carboxylic acid groups (broad SMARTS) is 1. The van der Waals surface area contributed by atoms with Gasteiger partial charge in [-0.25, -0.2) is 9.59 Å². The van der Waals surface area contributed by atoms with Crippen molar-refractivity contribution in [1.82, 2.24) is 10.6 Å². The molecule has 7 nitrogen and oxygen atoms in total. The number of nitrogens with one attached hydrogen (secondary N) is 2. The minimum absolute atomic E-state index is 0.106. The highest BCUT2D eigenvalue weighted by Gasteiger charge is 2.31. The van der Waals surface area contributed by atoms with Gasteiger partial charge >= 0.3 is 12.1 Å². The molecule has 0 aliphatic heterocycles. The number of benzene rings is 3. The number of carbonyl (C=O) groups excluding carboxylic acids is 2. The Kier molecular flexibility index (Phi) is 7.15. The van der Waals surface area contributed by atoms with Crippen molar-refractivity contribution >= 4 is 18.0 Å². The van der Waals surface area contributed by atoms with Crippen LogP contribution in [0.5, 0.6) is 0 Å². The maximum Gasteiger partial charge on any atom is 0.408 e. The predicted octanol–water partition coefficient (Wildman–Crippen LogP) is 4.55. The average molecular weight is 473 g/mol.